The molecule has 0 aliphatic heterocycles. The molecule has 1 aliphatic rings. The topological polar surface area (TPSA) is 75.1 Å². The number of amides is 1. The van der Waals surface area contributed by atoms with Crippen molar-refractivity contribution in [1.29, 1.82) is 0 Å². The van der Waals surface area contributed by atoms with Crippen molar-refractivity contribution >= 4 is 17.4 Å². The molecule has 0 bridgehead atoms. The Balaban J connectivity index is 2.07. The van der Waals surface area contributed by atoms with Gasteiger partial charge in [0.05, 0.1) is 17.8 Å². The standard InChI is InChI=1S/C12H19N3O2S/c1-8-3-5-12(7-16,6-4-8)13-11(17)10-9(2)14-15-18-10/h8,16H,3-7H2,1-2H3,(H,13,17). The van der Waals surface area contributed by atoms with Crippen LogP contribution in [0.25, 0.3) is 0 Å². The molecule has 1 aromatic heterocycles. The lowest BCUT2D eigenvalue weighted by Gasteiger charge is -2.38. The number of nitrogens with one attached hydrogen (secondary N) is 1. The van der Waals surface area contributed by atoms with Crippen LogP contribution < -0.4 is 5.32 Å². The molecular formula is C12H19N3O2S. The van der Waals surface area contributed by atoms with Gasteiger partial charge in [-0.2, -0.15) is 0 Å². The minimum atomic E-state index is -0.458. The second-order valence-corrected chi connectivity index (χ2v) is 6.02. The molecule has 0 radical (unpaired) electrons. The van der Waals surface area contributed by atoms with E-state index >= 15 is 0 Å². The Hall–Kier alpha value is -1.01. The van der Waals surface area contributed by atoms with E-state index in [1.807, 2.05) is 0 Å². The van der Waals surface area contributed by atoms with Gasteiger partial charge in [0.2, 0.25) is 0 Å². The Bertz CT molecular complexity index is 425. The predicted octanol–water partition coefficient (Wildman–Crippen LogP) is 1.52. The van der Waals surface area contributed by atoms with Crippen molar-refractivity contribution in [1.82, 2.24) is 14.9 Å². The van der Waals surface area contributed by atoms with Crippen molar-refractivity contribution in [3.63, 3.8) is 0 Å². The molecule has 1 aliphatic carbocycles. The summed E-state index contributed by atoms with van der Waals surface area (Å²) >= 11 is 1.10. The van der Waals surface area contributed by atoms with Gasteiger partial charge in [0.1, 0.15) is 4.88 Å². The maximum atomic E-state index is 12.1. The average molecular weight is 269 g/mol. The van der Waals surface area contributed by atoms with Crippen molar-refractivity contribution in [2.75, 3.05) is 6.61 Å². The van der Waals surface area contributed by atoms with Gasteiger partial charge >= 0.3 is 0 Å². The summed E-state index contributed by atoms with van der Waals surface area (Å²) in [5.74, 6) is 0.513. The minimum Gasteiger partial charge on any atom is -0.394 e. The molecule has 0 unspecified atom stereocenters. The van der Waals surface area contributed by atoms with Crippen LogP contribution in [0.5, 0.6) is 0 Å². The van der Waals surface area contributed by atoms with Gasteiger partial charge < -0.3 is 10.4 Å². The monoisotopic (exact) mass is 269 g/mol. The summed E-state index contributed by atoms with van der Waals surface area (Å²) in [5, 5.41) is 16.4. The molecule has 0 saturated heterocycles. The van der Waals surface area contributed by atoms with Crippen LogP contribution in [0.1, 0.15) is 48.0 Å². The van der Waals surface area contributed by atoms with Gasteiger partial charge in [0, 0.05) is 0 Å². The van der Waals surface area contributed by atoms with E-state index < -0.39 is 5.54 Å². The second-order valence-electron chi connectivity index (χ2n) is 5.26. The van der Waals surface area contributed by atoms with Gasteiger partial charge in [-0.25, -0.2) is 0 Å². The molecule has 1 heterocycles. The molecule has 2 N–H and O–H groups in total. The van der Waals surface area contributed by atoms with E-state index in [0.717, 1.165) is 37.2 Å². The number of hydrogen-bond donors (Lipinski definition) is 2. The van der Waals surface area contributed by atoms with Crippen LogP contribution in [0.2, 0.25) is 0 Å². The van der Waals surface area contributed by atoms with Crippen molar-refractivity contribution < 1.29 is 9.90 Å². The molecule has 18 heavy (non-hydrogen) atoms. The summed E-state index contributed by atoms with van der Waals surface area (Å²) in [6.45, 7) is 3.98. The number of aryl methyl sites for hydroxylation is 1. The van der Waals surface area contributed by atoms with Gasteiger partial charge in [-0.15, -0.1) is 5.10 Å². The van der Waals surface area contributed by atoms with E-state index in [4.69, 9.17) is 0 Å². The van der Waals surface area contributed by atoms with Crippen molar-refractivity contribution in [2.45, 2.75) is 45.1 Å². The van der Waals surface area contributed by atoms with Gasteiger partial charge in [-0.05, 0) is 50.1 Å². The number of carbonyl (C=O) groups is 1. The number of aliphatic hydroxyl groups excluding tert-OH is 1. The Morgan fingerprint density at radius 3 is 2.72 bits per heavy atom. The van der Waals surface area contributed by atoms with Crippen LogP contribution in [0.4, 0.5) is 0 Å². The second kappa shape index (κ2) is 5.32. The van der Waals surface area contributed by atoms with Crippen molar-refractivity contribution in [3.05, 3.63) is 10.6 Å². The van der Waals surface area contributed by atoms with Crippen molar-refractivity contribution in [3.8, 4) is 0 Å². The molecule has 5 nitrogen and oxygen atoms in total. The molecular weight excluding hydrogens is 250 g/mol. The van der Waals surface area contributed by atoms with E-state index in [1.165, 1.54) is 0 Å². The molecule has 0 spiro atoms. The lowest BCUT2D eigenvalue weighted by atomic mass is 9.77. The molecule has 0 aromatic carbocycles. The highest BCUT2D eigenvalue weighted by Gasteiger charge is 2.35. The summed E-state index contributed by atoms with van der Waals surface area (Å²) < 4.78 is 3.76. The van der Waals surface area contributed by atoms with E-state index in [1.54, 1.807) is 6.92 Å². The van der Waals surface area contributed by atoms with Crippen LogP contribution in [-0.4, -0.2) is 32.7 Å². The molecule has 1 fully saturated rings. The maximum Gasteiger partial charge on any atom is 0.265 e. The van der Waals surface area contributed by atoms with Crippen LogP contribution in [0.3, 0.4) is 0 Å². The molecule has 1 saturated carbocycles. The highest BCUT2D eigenvalue weighted by molar-refractivity contribution is 7.08. The number of carbonyl (C=O) groups excluding carboxylic acids is 1. The van der Waals surface area contributed by atoms with Gasteiger partial charge in [0.25, 0.3) is 5.91 Å². The zero-order valence-corrected chi connectivity index (χ0v) is 11.6. The van der Waals surface area contributed by atoms with Gasteiger partial charge in [0.15, 0.2) is 0 Å². The van der Waals surface area contributed by atoms with Gasteiger partial charge in [-0.1, -0.05) is 11.4 Å². The zero-order chi connectivity index (χ0) is 13.2. The van der Waals surface area contributed by atoms with E-state index in [2.05, 4.69) is 21.8 Å². The number of aliphatic hydroxyl groups is 1. The Kier molecular flexibility index (Phi) is 3.97. The average Bonchev–Trinajstić information content (AvgIpc) is 2.79. The Labute approximate surface area is 111 Å². The first-order valence-electron chi connectivity index (χ1n) is 6.29. The lowest BCUT2D eigenvalue weighted by molar-refractivity contribution is 0.0720. The molecule has 100 valence electrons. The Morgan fingerprint density at radius 1 is 1.56 bits per heavy atom. The summed E-state index contributed by atoms with van der Waals surface area (Å²) in [7, 11) is 0. The number of rotatable bonds is 3. The number of hydrogen-bond acceptors (Lipinski definition) is 5. The third kappa shape index (κ3) is 2.70. The summed E-state index contributed by atoms with van der Waals surface area (Å²) in [6.07, 6.45) is 3.75. The highest BCUT2D eigenvalue weighted by atomic mass is 32.1. The van der Waals surface area contributed by atoms with E-state index in [-0.39, 0.29) is 12.5 Å². The molecule has 0 atom stereocenters. The quantitative estimate of drug-likeness (QED) is 0.872. The predicted molar refractivity (Wildman–Crippen MR) is 69.6 cm³/mol. The smallest absolute Gasteiger partial charge is 0.265 e. The first-order chi connectivity index (χ1) is 8.56. The lowest BCUT2D eigenvalue weighted by Crippen LogP contribution is -2.53. The summed E-state index contributed by atoms with van der Waals surface area (Å²) in [6, 6.07) is 0. The van der Waals surface area contributed by atoms with Crippen LogP contribution in [0, 0.1) is 12.8 Å². The largest absolute Gasteiger partial charge is 0.394 e. The van der Waals surface area contributed by atoms with E-state index in [9.17, 15) is 9.90 Å². The zero-order valence-electron chi connectivity index (χ0n) is 10.8. The number of aromatic nitrogens is 2. The van der Waals surface area contributed by atoms with Gasteiger partial charge in [-0.3, -0.25) is 4.79 Å². The molecule has 6 heteroatoms. The number of nitrogens with zero attached hydrogens (tertiary/aromatic N) is 2. The van der Waals surface area contributed by atoms with Crippen LogP contribution in [-0.2, 0) is 0 Å². The van der Waals surface area contributed by atoms with Crippen molar-refractivity contribution in [2.24, 2.45) is 5.92 Å². The fourth-order valence-corrected chi connectivity index (χ4v) is 2.93. The molecule has 1 aromatic rings. The fraction of sp³-hybridized carbons (Fsp3) is 0.750. The molecule has 1 amide bonds. The first-order valence-corrected chi connectivity index (χ1v) is 7.06. The van der Waals surface area contributed by atoms with Crippen LogP contribution in [0.15, 0.2) is 0 Å². The SMILES string of the molecule is Cc1nnsc1C(=O)NC1(CO)CCC(C)CC1. The highest BCUT2D eigenvalue weighted by Crippen LogP contribution is 2.32. The minimum absolute atomic E-state index is 0.00323. The third-order valence-corrected chi connectivity index (χ3v) is 4.60. The Morgan fingerprint density at radius 2 is 2.22 bits per heavy atom. The fourth-order valence-electron chi connectivity index (χ4n) is 2.37. The van der Waals surface area contributed by atoms with E-state index in [0.29, 0.717) is 16.5 Å². The van der Waals surface area contributed by atoms with Crippen LogP contribution >= 0.6 is 11.5 Å². The maximum absolute atomic E-state index is 12.1. The molecule has 2 rings (SSSR count). The summed E-state index contributed by atoms with van der Waals surface area (Å²) in [4.78, 5) is 12.7. The summed E-state index contributed by atoms with van der Waals surface area (Å²) in [5.41, 5.74) is 0.190. The third-order valence-electron chi connectivity index (χ3n) is 3.77. The normalized spacial score (nSPS) is 28.1. The first kappa shape index (κ1) is 13.4.